The lowest BCUT2D eigenvalue weighted by Gasteiger charge is -2.03. The fourth-order valence-corrected chi connectivity index (χ4v) is 2.88. The van der Waals surface area contributed by atoms with Gasteiger partial charge in [-0.3, -0.25) is 19.1 Å². The molecule has 8 heteroatoms. The van der Waals surface area contributed by atoms with E-state index < -0.39 is 5.91 Å². The zero-order chi connectivity index (χ0) is 18.7. The molecule has 26 heavy (non-hydrogen) atoms. The second kappa shape index (κ2) is 7.32. The number of hydrogen-bond acceptors (Lipinski definition) is 5. The molecule has 2 N–H and O–H groups in total. The SMILES string of the molecule is CC(=O)c1ccc(NC(=O)c2cc(NC(=O)c3cccs3)n(C)n2)cc1. The van der Waals surface area contributed by atoms with E-state index >= 15 is 0 Å². The van der Waals surface area contributed by atoms with Crippen LogP contribution in [0.3, 0.4) is 0 Å². The summed E-state index contributed by atoms with van der Waals surface area (Å²) in [6.07, 6.45) is 0. The van der Waals surface area contributed by atoms with Crippen molar-refractivity contribution in [1.29, 1.82) is 0 Å². The molecular weight excluding hydrogens is 352 g/mol. The molecule has 132 valence electrons. The maximum absolute atomic E-state index is 12.3. The molecule has 3 rings (SSSR count). The third-order valence-corrected chi connectivity index (χ3v) is 4.52. The van der Waals surface area contributed by atoms with Gasteiger partial charge in [0.05, 0.1) is 4.88 Å². The number of hydrogen-bond donors (Lipinski definition) is 2. The highest BCUT2D eigenvalue weighted by atomic mass is 32.1. The number of aromatic nitrogens is 2. The molecule has 0 spiro atoms. The molecule has 0 unspecified atom stereocenters. The Morgan fingerprint density at radius 1 is 1.04 bits per heavy atom. The molecule has 3 aromatic rings. The zero-order valence-electron chi connectivity index (χ0n) is 14.1. The number of thiophene rings is 1. The Labute approximate surface area is 153 Å². The minimum absolute atomic E-state index is 0.0428. The number of carbonyl (C=O) groups is 3. The fourth-order valence-electron chi connectivity index (χ4n) is 2.26. The number of amides is 2. The highest BCUT2D eigenvalue weighted by molar-refractivity contribution is 7.12. The summed E-state index contributed by atoms with van der Waals surface area (Å²) in [5.74, 6) is -0.290. The van der Waals surface area contributed by atoms with Crippen molar-refractivity contribution in [3.63, 3.8) is 0 Å². The molecule has 0 bridgehead atoms. The van der Waals surface area contributed by atoms with E-state index in [0.29, 0.717) is 21.9 Å². The van der Waals surface area contributed by atoms with Gasteiger partial charge in [0.25, 0.3) is 11.8 Å². The van der Waals surface area contributed by atoms with Crippen molar-refractivity contribution in [3.8, 4) is 0 Å². The Hall–Kier alpha value is -3.26. The Balaban J connectivity index is 1.70. The lowest BCUT2D eigenvalue weighted by atomic mass is 10.1. The van der Waals surface area contributed by atoms with Crippen LogP contribution in [-0.4, -0.2) is 27.4 Å². The van der Waals surface area contributed by atoms with Crippen molar-refractivity contribution in [2.75, 3.05) is 10.6 Å². The molecule has 0 radical (unpaired) electrons. The van der Waals surface area contributed by atoms with Gasteiger partial charge in [-0.2, -0.15) is 5.10 Å². The van der Waals surface area contributed by atoms with Crippen LogP contribution >= 0.6 is 11.3 Å². The van der Waals surface area contributed by atoms with E-state index in [2.05, 4.69) is 15.7 Å². The van der Waals surface area contributed by atoms with Crippen LogP contribution in [-0.2, 0) is 7.05 Å². The minimum Gasteiger partial charge on any atom is -0.321 e. The second-order valence-electron chi connectivity index (χ2n) is 5.56. The number of carbonyl (C=O) groups excluding carboxylic acids is 3. The number of anilines is 2. The molecule has 7 nitrogen and oxygen atoms in total. The summed E-state index contributed by atoms with van der Waals surface area (Å²) in [5.41, 5.74) is 1.29. The number of Topliss-reactive ketones (excluding diaryl/α,β-unsaturated/α-hetero) is 1. The average molecular weight is 368 g/mol. The molecule has 2 heterocycles. The van der Waals surface area contributed by atoms with Crippen molar-refractivity contribution < 1.29 is 14.4 Å². The van der Waals surface area contributed by atoms with Crippen molar-refractivity contribution >= 4 is 40.4 Å². The Morgan fingerprint density at radius 2 is 1.77 bits per heavy atom. The summed E-state index contributed by atoms with van der Waals surface area (Å²) >= 11 is 1.33. The first kappa shape index (κ1) is 17.6. The second-order valence-corrected chi connectivity index (χ2v) is 6.51. The maximum Gasteiger partial charge on any atom is 0.276 e. The number of rotatable bonds is 5. The zero-order valence-corrected chi connectivity index (χ0v) is 15.0. The van der Waals surface area contributed by atoms with E-state index in [9.17, 15) is 14.4 Å². The van der Waals surface area contributed by atoms with Gasteiger partial charge in [0.15, 0.2) is 11.5 Å². The molecule has 1 aromatic carbocycles. The molecule has 0 aliphatic heterocycles. The molecule has 0 aliphatic rings. The van der Waals surface area contributed by atoms with Crippen LogP contribution in [0, 0.1) is 0 Å². The van der Waals surface area contributed by atoms with E-state index in [1.54, 1.807) is 43.4 Å². The van der Waals surface area contributed by atoms with E-state index in [0.717, 1.165) is 0 Å². The summed E-state index contributed by atoms with van der Waals surface area (Å²) in [7, 11) is 1.64. The number of aryl methyl sites for hydroxylation is 1. The highest BCUT2D eigenvalue weighted by Crippen LogP contribution is 2.16. The van der Waals surface area contributed by atoms with Gasteiger partial charge < -0.3 is 10.6 Å². The summed E-state index contributed by atoms with van der Waals surface area (Å²) in [5, 5.41) is 11.4. The van der Waals surface area contributed by atoms with Crippen molar-refractivity contribution in [2.24, 2.45) is 7.05 Å². The van der Waals surface area contributed by atoms with Gasteiger partial charge in [-0.25, -0.2) is 0 Å². The van der Waals surface area contributed by atoms with Crippen LogP contribution in [0.5, 0.6) is 0 Å². The summed E-state index contributed by atoms with van der Waals surface area (Å²) < 4.78 is 1.43. The third kappa shape index (κ3) is 3.86. The number of ketones is 1. The van der Waals surface area contributed by atoms with Crippen LogP contribution in [0.2, 0.25) is 0 Å². The maximum atomic E-state index is 12.3. The first-order valence-corrected chi connectivity index (χ1v) is 8.63. The monoisotopic (exact) mass is 368 g/mol. The quantitative estimate of drug-likeness (QED) is 0.677. The summed E-state index contributed by atoms with van der Waals surface area (Å²) in [6, 6.07) is 11.6. The normalized spacial score (nSPS) is 10.4. The highest BCUT2D eigenvalue weighted by Gasteiger charge is 2.16. The van der Waals surface area contributed by atoms with Crippen molar-refractivity contribution in [3.05, 3.63) is 64.0 Å². The van der Waals surface area contributed by atoms with E-state index in [4.69, 9.17) is 0 Å². The summed E-state index contributed by atoms with van der Waals surface area (Å²) in [6.45, 7) is 1.48. The van der Waals surface area contributed by atoms with Crippen LogP contribution in [0.15, 0.2) is 47.8 Å². The molecule has 0 fully saturated rings. The third-order valence-electron chi connectivity index (χ3n) is 3.65. The van der Waals surface area contributed by atoms with Gasteiger partial charge >= 0.3 is 0 Å². The Morgan fingerprint density at radius 3 is 2.38 bits per heavy atom. The van der Waals surface area contributed by atoms with E-state index in [1.807, 2.05) is 5.38 Å². The molecule has 2 amide bonds. The van der Waals surface area contributed by atoms with Crippen molar-refractivity contribution in [2.45, 2.75) is 6.92 Å². The van der Waals surface area contributed by atoms with Gasteiger partial charge in [-0.05, 0) is 42.6 Å². The van der Waals surface area contributed by atoms with E-state index in [-0.39, 0.29) is 17.4 Å². The van der Waals surface area contributed by atoms with Crippen LogP contribution in [0.1, 0.15) is 37.4 Å². The lowest BCUT2D eigenvalue weighted by molar-refractivity contribution is 0.101. The molecule has 0 saturated carbocycles. The van der Waals surface area contributed by atoms with Gasteiger partial charge in [0, 0.05) is 24.4 Å². The first-order valence-electron chi connectivity index (χ1n) is 7.75. The van der Waals surface area contributed by atoms with E-state index in [1.165, 1.54) is 29.0 Å². The van der Waals surface area contributed by atoms with Crippen LogP contribution < -0.4 is 10.6 Å². The predicted octanol–water partition coefficient (Wildman–Crippen LogP) is 3.19. The van der Waals surface area contributed by atoms with Gasteiger partial charge in [-0.15, -0.1) is 11.3 Å². The van der Waals surface area contributed by atoms with Crippen LogP contribution in [0.4, 0.5) is 11.5 Å². The number of benzene rings is 1. The Kier molecular flexibility index (Phi) is 4.94. The smallest absolute Gasteiger partial charge is 0.276 e. The van der Waals surface area contributed by atoms with Gasteiger partial charge in [0.1, 0.15) is 5.82 Å². The van der Waals surface area contributed by atoms with Gasteiger partial charge in [0.2, 0.25) is 0 Å². The molecular formula is C18H16N4O3S. The number of nitrogens with zero attached hydrogens (tertiary/aromatic N) is 2. The summed E-state index contributed by atoms with van der Waals surface area (Å²) in [4.78, 5) is 36.3. The molecule has 2 aromatic heterocycles. The average Bonchev–Trinajstić information content (AvgIpc) is 3.26. The number of nitrogens with one attached hydrogen (secondary N) is 2. The Bertz CT molecular complexity index is 959. The topological polar surface area (TPSA) is 93.1 Å². The minimum atomic E-state index is -0.409. The van der Waals surface area contributed by atoms with Crippen molar-refractivity contribution in [1.82, 2.24) is 9.78 Å². The standard InChI is InChI=1S/C18H16N4O3S/c1-11(23)12-5-7-13(8-6-12)19-17(24)14-10-16(22(2)21-14)20-18(25)15-4-3-9-26-15/h3-10H,1-2H3,(H,19,24)(H,20,25). The lowest BCUT2D eigenvalue weighted by Crippen LogP contribution is -2.13. The van der Waals surface area contributed by atoms with Gasteiger partial charge in [-0.1, -0.05) is 6.07 Å². The molecule has 0 saturated heterocycles. The molecule has 0 atom stereocenters. The fraction of sp³-hybridized carbons (Fsp3) is 0.111. The molecule has 0 aliphatic carbocycles. The largest absolute Gasteiger partial charge is 0.321 e. The van der Waals surface area contributed by atoms with Crippen LogP contribution in [0.25, 0.3) is 0 Å². The predicted molar refractivity (Wildman–Crippen MR) is 99.9 cm³/mol. The first-order chi connectivity index (χ1) is 12.4.